The first-order chi connectivity index (χ1) is 7.19. The number of aryl methyl sites for hydroxylation is 1. The Hall–Kier alpha value is -1.31. The first-order valence-electron chi connectivity index (χ1n) is 5.45. The Labute approximate surface area is 91.3 Å². The van der Waals surface area contributed by atoms with Crippen LogP contribution in [0.3, 0.4) is 0 Å². The third kappa shape index (κ3) is 3.08. The van der Waals surface area contributed by atoms with Crippen molar-refractivity contribution >= 4 is 5.78 Å². The normalized spacial score (nSPS) is 10.1. The van der Waals surface area contributed by atoms with E-state index in [1.165, 1.54) is 5.56 Å². The standard InChI is InChI=1S/C13H18O2/c1-4-8-15-13-7-6-11(5-2)9-12(13)10(3)14/h6-7,9H,4-5,8H2,1-3H3. The summed E-state index contributed by atoms with van der Waals surface area (Å²) >= 11 is 0. The summed E-state index contributed by atoms with van der Waals surface area (Å²) in [6.45, 7) is 6.36. The minimum atomic E-state index is 0.0661. The van der Waals surface area contributed by atoms with Gasteiger partial charge in [0, 0.05) is 0 Å². The number of hydrogen-bond acceptors (Lipinski definition) is 2. The van der Waals surface area contributed by atoms with Gasteiger partial charge in [0.1, 0.15) is 5.75 Å². The van der Waals surface area contributed by atoms with Gasteiger partial charge in [0.05, 0.1) is 12.2 Å². The van der Waals surface area contributed by atoms with Crippen molar-refractivity contribution in [2.45, 2.75) is 33.6 Å². The molecule has 2 heteroatoms. The number of benzene rings is 1. The highest BCUT2D eigenvalue weighted by Gasteiger charge is 2.08. The number of carbonyl (C=O) groups excluding carboxylic acids is 1. The molecule has 0 unspecified atom stereocenters. The van der Waals surface area contributed by atoms with Crippen LogP contribution in [-0.2, 0) is 6.42 Å². The minimum absolute atomic E-state index is 0.0661. The van der Waals surface area contributed by atoms with E-state index in [2.05, 4.69) is 6.92 Å². The molecule has 0 aromatic heterocycles. The molecule has 82 valence electrons. The fourth-order valence-corrected chi connectivity index (χ4v) is 1.41. The molecular formula is C13H18O2. The average molecular weight is 206 g/mol. The third-order valence-electron chi connectivity index (χ3n) is 2.29. The van der Waals surface area contributed by atoms with Crippen molar-refractivity contribution in [1.82, 2.24) is 0 Å². The van der Waals surface area contributed by atoms with Gasteiger partial charge in [-0.25, -0.2) is 0 Å². The van der Waals surface area contributed by atoms with Crippen LogP contribution >= 0.6 is 0 Å². The van der Waals surface area contributed by atoms with Gasteiger partial charge in [0.2, 0.25) is 0 Å². The maximum atomic E-state index is 11.4. The molecule has 0 bridgehead atoms. The van der Waals surface area contributed by atoms with Crippen molar-refractivity contribution in [3.8, 4) is 5.75 Å². The first-order valence-corrected chi connectivity index (χ1v) is 5.45. The summed E-state index contributed by atoms with van der Waals surface area (Å²) in [6, 6.07) is 5.83. The number of ketones is 1. The molecule has 1 aromatic carbocycles. The van der Waals surface area contributed by atoms with Crippen molar-refractivity contribution in [3.05, 3.63) is 29.3 Å². The lowest BCUT2D eigenvalue weighted by Gasteiger charge is -2.10. The lowest BCUT2D eigenvalue weighted by molar-refractivity contribution is 0.101. The smallest absolute Gasteiger partial charge is 0.163 e. The van der Waals surface area contributed by atoms with Crippen LogP contribution in [0.4, 0.5) is 0 Å². The lowest BCUT2D eigenvalue weighted by atomic mass is 10.1. The van der Waals surface area contributed by atoms with E-state index in [1.807, 2.05) is 25.1 Å². The van der Waals surface area contributed by atoms with Gasteiger partial charge in [-0.2, -0.15) is 0 Å². The highest BCUT2D eigenvalue weighted by Crippen LogP contribution is 2.21. The molecule has 0 fully saturated rings. The van der Waals surface area contributed by atoms with Crippen LogP contribution in [0.5, 0.6) is 5.75 Å². The minimum Gasteiger partial charge on any atom is -0.493 e. The molecule has 0 saturated heterocycles. The van der Waals surface area contributed by atoms with Crippen molar-refractivity contribution in [2.24, 2.45) is 0 Å². The van der Waals surface area contributed by atoms with Crippen LogP contribution in [0.2, 0.25) is 0 Å². The second-order valence-corrected chi connectivity index (χ2v) is 3.59. The second kappa shape index (κ2) is 5.54. The second-order valence-electron chi connectivity index (χ2n) is 3.59. The maximum Gasteiger partial charge on any atom is 0.163 e. The highest BCUT2D eigenvalue weighted by molar-refractivity contribution is 5.97. The lowest BCUT2D eigenvalue weighted by Crippen LogP contribution is -2.02. The summed E-state index contributed by atoms with van der Waals surface area (Å²) in [7, 11) is 0. The molecule has 0 aliphatic rings. The van der Waals surface area contributed by atoms with E-state index in [0.717, 1.165) is 12.8 Å². The average Bonchev–Trinajstić information content (AvgIpc) is 2.26. The van der Waals surface area contributed by atoms with Crippen molar-refractivity contribution in [3.63, 3.8) is 0 Å². The molecule has 15 heavy (non-hydrogen) atoms. The Kier molecular flexibility index (Phi) is 4.35. The van der Waals surface area contributed by atoms with Crippen LogP contribution in [0.25, 0.3) is 0 Å². The van der Waals surface area contributed by atoms with Crippen LogP contribution < -0.4 is 4.74 Å². The molecule has 0 amide bonds. The number of Topliss-reactive ketones (excluding diaryl/α,β-unsaturated/α-hetero) is 1. The SMILES string of the molecule is CCCOc1ccc(CC)cc1C(C)=O. The molecule has 0 saturated carbocycles. The predicted octanol–water partition coefficient (Wildman–Crippen LogP) is 3.24. The number of carbonyl (C=O) groups is 1. The third-order valence-corrected chi connectivity index (χ3v) is 2.29. The van der Waals surface area contributed by atoms with Gasteiger partial charge in [-0.05, 0) is 37.5 Å². The number of ether oxygens (including phenoxy) is 1. The van der Waals surface area contributed by atoms with E-state index in [-0.39, 0.29) is 5.78 Å². The van der Waals surface area contributed by atoms with Crippen LogP contribution in [-0.4, -0.2) is 12.4 Å². The number of rotatable bonds is 5. The fourth-order valence-electron chi connectivity index (χ4n) is 1.41. The zero-order valence-electron chi connectivity index (χ0n) is 9.67. The van der Waals surface area contributed by atoms with Crippen molar-refractivity contribution < 1.29 is 9.53 Å². The molecule has 0 aliphatic heterocycles. The molecule has 2 nitrogen and oxygen atoms in total. The molecule has 0 aliphatic carbocycles. The molecule has 0 spiro atoms. The molecule has 0 heterocycles. The fraction of sp³-hybridized carbons (Fsp3) is 0.462. The summed E-state index contributed by atoms with van der Waals surface area (Å²) in [6.07, 6.45) is 1.89. The first kappa shape index (κ1) is 11.8. The zero-order valence-corrected chi connectivity index (χ0v) is 9.67. The monoisotopic (exact) mass is 206 g/mol. The molecule has 1 rings (SSSR count). The van der Waals surface area contributed by atoms with Crippen LogP contribution in [0.1, 0.15) is 43.1 Å². The Balaban J connectivity index is 2.98. The summed E-state index contributed by atoms with van der Waals surface area (Å²) in [5.74, 6) is 0.776. The zero-order chi connectivity index (χ0) is 11.3. The van der Waals surface area contributed by atoms with Crippen molar-refractivity contribution in [1.29, 1.82) is 0 Å². The largest absolute Gasteiger partial charge is 0.493 e. The van der Waals surface area contributed by atoms with E-state index in [9.17, 15) is 4.79 Å². The van der Waals surface area contributed by atoms with Gasteiger partial charge in [-0.15, -0.1) is 0 Å². The predicted molar refractivity (Wildman–Crippen MR) is 61.6 cm³/mol. The summed E-state index contributed by atoms with van der Waals surface area (Å²) in [5.41, 5.74) is 1.87. The molecule has 0 radical (unpaired) electrons. The Morgan fingerprint density at radius 1 is 1.33 bits per heavy atom. The van der Waals surface area contributed by atoms with Gasteiger partial charge in [0.25, 0.3) is 0 Å². The maximum absolute atomic E-state index is 11.4. The molecular weight excluding hydrogens is 188 g/mol. The van der Waals surface area contributed by atoms with E-state index in [1.54, 1.807) is 6.92 Å². The Morgan fingerprint density at radius 2 is 2.07 bits per heavy atom. The summed E-state index contributed by atoms with van der Waals surface area (Å²) in [4.78, 5) is 11.4. The summed E-state index contributed by atoms with van der Waals surface area (Å²) < 4.78 is 5.53. The van der Waals surface area contributed by atoms with Gasteiger partial charge in [-0.1, -0.05) is 19.9 Å². The van der Waals surface area contributed by atoms with Gasteiger partial charge in [-0.3, -0.25) is 4.79 Å². The van der Waals surface area contributed by atoms with Gasteiger partial charge < -0.3 is 4.74 Å². The topological polar surface area (TPSA) is 26.3 Å². The van der Waals surface area contributed by atoms with E-state index >= 15 is 0 Å². The van der Waals surface area contributed by atoms with Crippen LogP contribution in [0.15, 0.2) is 18.2 Å². The van der Waals surface area contributed by atoms with E-state index < -0.39 is 0 Å². The quantitative estimate of drug-likeness (QED) is 0.691. The van der Waals surface area contributed by atoms with E-state index in [0.29, 0.717) is 17.9 Å². The van der Waals surface area contributed by atoms with Gasteiger partial charge >= 0.3 is 0 Å². The summed E-state index contributed by atoms with van der Waals surface area (Å²) in [5, 5.41) is 0. The molecule has 0 atom stereocenters. The highest BCUT2D eigenvalue weighted by atomic mass is 16.5. The van der Waals surface area contributed by atoms with Gasteiger partial charge in [0.15, 0.2) is 5.78 Å². The molecule has 1 aromatic rings. The van der Waals surface area contributed by atoms with E-state index in [4.69, 9.17) is 4.74 Å². The number of hydrogen-bond donors (Lipinski definition) is 0. The Morgan fingerprint density at radius 3 is 2.60 bits per heavy atom. The molecule has 0 N–H and O–H groups in total. The Bertz CT molecular complexity index is 342. The van der Waals surface area contributed by atoms with Crippen LogP contribution in [0, 0.1) is 0 Å². The van der Waals surface area contributed by atoms with Crippen molar-refractivity contribution in [2.75, 3.05) is 6.61 Å².